The van der Waals surface area contributed by atoms with Gasteiger partial charge in [-0.1, -0.05) is 29.8 Å². The number of pyridine rings is 1. The Morgan fingerprint density at radius 3 is 2.55 bits per heavy atom. The van der Waals surface area contributed by atoms with E-state index in [2.05, 4.69) is 36.2 Å². The summed E-state index contributed by atoms with van der Waals surface area (Å²) in [5, 5.41) is 9.32. The standard InChI is InChI=1S/C18H21N3O/c1-13-3-5-15(6-4-13)7-8-17-20-16-11-14(2)12-19-18(16)21(17)9-10-22/h3-6,11-12,22H,7-10H2,1-2H3. The van der Waals surface area contributed by atoms with E-state index in [9.17, 15) is 5.11 Å². The van der Waals surface area contributed by atoms with Gasteiger partial charge in [-0.15, -0.1) is 0 Å². The lowest BCUT2D eigenvalue weighted by Gasteiger charge is -2.07. The highest BCUT2D eigenvalue weighted by atomic mass is 16.3. The van der Waals surface area contributed by atoms with Crippen LogP contribution in [0.5, 0.6) is 0 Å². The van der Waals surface area contributed by atoms with Gasteiger partial charge in [0.05, 0.1) is 6.61 Å². The number of hydrogen-bond donors (Lipinski definition) is 1. The fraction of sp³-hybridized carbons (Fsp3) is 0.333. The highest BCUT2D eigenvalue weighted by molar-refractivity contribution is 5.72. The van der Waals surface area contributed by atoms with Crippen LogP contribution in [0.4, 0.5) is 0 Å². The van der Waals surface area contributed by atoms with E-state index < -0.39 is 0 Å². The molecule has 0 unspecified atom stereocenters. The van der Waals surface area contributed by atoms with Crippen LogP contribution in [0.3, 0.4) is 0 Å². The third kappa shape index (κ3) is 3.02. The maximum atomic E-state index is 9.32. The van der Waals surface area contributed by atoms with Gasteiger partial charge in [-0.25, -0.2) is 9.97 Å². The molecule has 3 aromatic rings. The molecule has 4 nitrogen and oxygen atoms in total. The van der Waals surface area contributed by atoms with E-state index in [1.54, 1.807) is 0 Å². The lowest BCUT2D eigenvalue weighted by atomic mass is 10.1. The molecule has 0 aliphatic carbocycles. The quantitative estimate of drug-likeness (QED) is 0.787. The van der Waals surface area contributed by atoms with Gasteiger partial charge in [-0.3, -0.25) is 0 Å². The van der Waals surface area contributed by atoms with Crippen molar-refractivity contribution in [2.24, 2.45) is 0 Å². The van der Waals surface area contributed by atoms with Crippen LogP contribution in [0.1, 0.15) is 22.5 Å². The first kappa shape index (κ1) is 14.7. The molecule has 22 heavy (non-hydrogen) atoms. The Bertz CT molecular complexity index is 775. The van der Waals surface area contributed by atoms with Crippen molar-refractivity contribution in [1.29, 1.82) is 0 Å². The van der Waals surface area contributed by atoms with Gasteiger partial charge in [0, 0.05) is 19.2 Å². The maximum Gasteiger partial charge on any atom is 0.160 e. The summed E-state index contributed by atoms with van der Waals surface area (Å²) in [5.41, 5.74) is 5.45. The van der Waals surface area contributed by atoms with Gasteiger partial charge in [-0.05, 0) is 37.5 Å². The second-order valence-electron chi connectivity index (χ2n) is 5.74. The first-order valence-corrected chi connectivity index (χ1v) is 7.65. The SMILES string of the molecule is Cc1ccc(CCc2nc3cc(C)cnc3n2CCO)cc1. The van der Waals surface area contributed by atoms with Crippen LogP contribution < -0.4 is 0 Å². The largest absolute Gasteiger partial charge is 0.395 e. The van der Waals surface area contributed by atoms with Crippen LogP contribution in [-0.2, 0) is 19.4 Å². The molecule has 0 aliphatic rings. The Morgan fingerprint density at radius 1 is 1.05 bits per heavy atom. The number of aliphatic hydroxyl groups excluding tert-OH is 1. The van der Waals surface area contributed by atoms with E-state index in [1.165, 1.54) is 11.1 Å². The highest BCUT2D eigenvalue weighted by Gasteiger charge is 2.11. The highest BCUT2D eigenvalue weighted by Crippen LogP contribution is 2.17. The molecule has 4 heteroatoms. The van der Waals surface area contributed by atoms with Crippen LogP contribution in [0, 0.1) is 13.8 Å². The summed E-state index contributed by atoms with van der Waals surface area (Å²) < 4.78 is 2.03. The lowest BCUT2D eigenvalue weighted by Crippen LogP contribution is -2.08. The van der Waals surface area contributed by atoms with Gasteiger partial charge >= 0.3 is 0 Å². The Kier molecular flexibility index (Phi) is 4.20. The van der Waals surface area contributed by atoms with Gasteiger partial charge < -0.3 is 9.67 Å². The molecule has 1 N–H and O–H groups in total. The number of imidazole rings is 1. The minimum Gasteiger partial charge on any atom is -0.395 e. The van der Waals surface area contributed by atoms with Crippen molar-refractivity contribution in [3.63, 3.8) is 0 Å². The maximum absolute atomic E-state index is 9.32. The van der Waals surface area contributed by atoms with E-state index in [4.69, 9.17) is 4.98 Å². The Labute approximate surface area is 130 Å². The zero-order chi connectivity index (χ0) is 15.5. The lowest BCUT2D eigenvalue weighted by molar-refractivity contribution is 0.275. The minimum absolute atomic E-state index is 0.0958. The fourth-order valence-corrected chi connectivity index (χ4v) is 2.70. The molecule has 1 aromatic carbocycles. The molecule has 0 bridgehead atoms. The number of aryl methyl sites for hydroxylation is 4. The van der Waals surface area contributed by atoms with Crippen molar-refractivity contribution in [3.8, 4) is 0 Å². The Morgan fingerprint density at radius 2 is 1.82 bits per heavy atom. The molecule has 0 radical (unpaired) electrons. The predicted octanol–water partition coefficient (Wildman–Crippen LogP) is 2.83. The fourth-order valence-electron chi connectivity index (χ4n) is 2.70. The first-order chi connectivity index (χ1) is 10.7. The first-order valence-electron chi connectivity index (χ1n) is 7.65. The average Bonchev–Trinajstić information content (AvgIpc) is 2.84. The molecular formula is C18H21N3O. The predicted molar refractivity (Wildman–Crippen MR) is 87.9 cm³/mol. The third-order valence-electron chi connectivity index (χ3n) is 3.88. The van der Waals surface area contributed by atoms with Crippen LogP contribution in [-0.4, -0.2) is 26.2 Å². The van der Waals surface area contributed by atoms with Crippen molar-refractivity contribution in [2.45, 2.75) is 33.2 Å². The number of nitrogens with zero attached hydrogens (tertiary/aromatic N) is 3. The van der Waals surface area contributed by atoms with Crippen molar-refractivity contribution < 1.29 is 5.11 Å². The average molecular weight is 295 g/mol. The van der Waals surface area contributed by atoms with Gasteiger partial charge in [0.2, 0.25) is 0 Å². The van der Waals surface area contributed by atoms with E-state index >= 15 is 0 Å². The normalized spacial score (nSPS) is 11.2. The molecule has 2 aromatic heterocycles. The van der Waals surface area contributed by atoms with E-state index in [0.29, 0.717) is 6.54 Å². The molecule has 0 spiro atoms. The summed E-state index contributed by atoms with van der Waals surface area (Å²) in [4.78, 5) is 9.19. The summed E-state index contributed by atoms with van der Waals surface area (Å²) in [7, 11) is 0. The van der Waals surface area contributed by atoms with Crippen molar-refractivity contribution in [2.75, 3.05) is 6.61 Å². The summed E-state index contributed by atoms with van der Waals surface area (Å²) in [5.74, 6) is 0.989. The monoisotopic (exact) mass is 295 g/mol. The molecule has 3 rings (SSSR count). The topological polar surface area (TPSA) is 50.9 Å². The number of hydrogen-bond acceptors (Lipinski definition) is 3. The second kappa shape index (κ2) is 6.28. The molecule has 114 valence electrons. The van der Waals surface area contributed by atoms with Gasteiger partial charge in [0.15, 0.2) is 5.65 Å². The van der Waals surface area contributed by atoms with Crippen LogP contribution in [0.15, 0.2) is 36.5 Å². The van der Waals surface area contributed by atoms with Gasteiger partial charge in [0.1, 0.15) is 11.3 Å². The molecule has 0 aliphatic heterocycles. The zero-order valence-electron chi connectivity index (χ0n) is 13.1. The van der Waals surface area contributed by atoms with E-state index in [-0.39, 0.29) is 6.61 Å². The molecule has 0 atom stereocenters. The molecule has 0 saturated carbocycles. The molecule has 0 fully saturated rings. The molecule has 0 saturated heterocycles. The summed E-state index contributed by atoms with van der Waals surface area (Å²) >= 11 is 0. The molecule has 0 amide bonds. The summed E-state index contributed by atoms with van der Waals surface area (Å²) in [6, 6.07) is 10.6. The van der Waals surface area contributed by atoms with Crippen LogP contribution in [0.25, 0.3) is 11.2 Å². The Balaban J connectivity index is 1.88. The van der Waals surface area contributed by atoms with E-state index in [0.717, 1.165) is 35.4 Å². The summed E-state index contributed by atoms with van der Waals surface area (Å²) in [6.45, 7) is 4.75. The zero-order valence-corrected chi connectivity index (χ0v) is 13.1. The Hall–Kier alpha value is -2.20. The number of aliphatic hydroxyl groups is 1. The molecular weight excluding hydrogens is 274 g/mol. The number of rotatable bonds is 5. The van der Waals surface area contributed by atoms with Crippen molar-refractivity contribution in [3.05, 3.63) is 59.0 Å². The van der Waals surface area contributed by atoms with Crippen LogP contribution in [0.2, 0.25) is 0 Å². The number of aromatic nitrogens is 3. The third-order valence-corrected chi connectivity index (χ3v) is 3.88. The van der Waals surface area contributed by atoms with Crippen molar-refractivity contribution >= 4 is 11.2 Å². The summed E-state index contributed by atoms with van der Waals surface area (Å²) in [6.07, 6.45) is 3.63. The molecule has 2 heterocycles. The van der Waals surface area contributed by atoms with Crippen LogP contribution >= 0.6 is 0 Å². The number of fused-ring (bicyclic) bond motifs is 1. The van der Waals surface area contributed by atoms with Gasteiger partial charge in [-0.2, -0.15) is 0 Å². The van der Waals surface area contributed by atoms with Crippen molar-refractivity contribution in [1.82, 2.24) is 14.5 Å². The van der Waals surface area contributed by atoms with E-state index in [1.807, 2.05) is 23.8 Å². The smallest absolute Gasteiger partial charge is 0.160 e. The number of benzene rings is 1. The van der Waals surface area contributed by atoms with Gasteiger partial charge in [0.25, 0.3) is 0 Å². The second-order valence-corrected chi connectivity index (χ2v) is 5.74. The minimum atomic E-state index is 0.0958.